The van der Waals surface area contributed by atoms with E-state index in [-0.39, 0.29) is 5.91 Å². The Labute approximate surface area is 119 Å². The Hall–Kier alpha value is -1.79. The summed E-state index contributed by atoms with van der Waals surface area (Å²) in [7, 11) is 4.99. The van der Waals surface area contributed by atoms with Gasteiger partial charge in [0, 0.05) is 31.8 Å². The van der Waals surface area contributed by atoms with Gasteiger partial charge in [-0.05, 0) is 19.2 Å². The molecule has 1 amide bonds. The third-order valence-corrected chi connectivity index (χ3v) is 2.59. The monoisotopic (exact) mass is 282 g/mol. The van der Waals surface area contributed by atoms with Crippen LogP contribution in [0.3, 0.4) is 0 Å². The fourth-order valence-corrected chi connectivity index (χ4v) is 1.56. The number of ether oxygens (including phenoxy) is 3. The Morgan fingerprint density at radius 1 is 1.20 bits per heavy atom. The summed E-state index contributed by atoms with van der Waals surface area (Å²) in [6.45, 7) is 1.55. The molecule has 6 heteroatoms. The molecular weight excluding hydrogens is 260 g/mol. The van der Waals surface area contributed by atoms with Gasteiger partial charge in [-0.15, -0.1) is 0 Å². The van der Waals surface area contributed by atoms with Crippen LogP contribution in [0.25, 0.3) is 0 Å². The molecule has 0 aliphatic carbocycles. The van der Waals surface area contributed by atoms with Gasteiger partial charge in [0.1, 0.15) is 6.61 Å². The van der Waals surface area contributed by atoms with Crippen molar-refractivity contribution in [2.24, 2.45) is 0 Å². The first-order valence-electron chi connectivity index (χ1n) is 6.45. The van der Waals surface area contributed by atoms with E-state index >= 15 is 0 Å². The average molecular weight is 282 g/mol. The number of nitrogens with one attached hydrogen (secondary N) is 2. The summed E-state index contributed by atoms with van der Waals surface area (Å²) in [5, 5.41) is 5.74. The molecule has 6 nitrogen and oxygen atoms in total. The van der Waals surface area contributed by atoms with Crippen LogP contribution in [-0.4, -0.2) is 46.9 Å². The van der Waals surface area contributed by atoms with Crippen molar-refractivity contribution in [3.05, 3.63) is 18.2 Å². The number of rotatable bonds is 9. The number of carbonyl (C=O) groups excluding carboxylic acids is 1. The third-order valence-electron chi connectivity index (χ3n) is 2.59. The van der Waals surface area contributed by atoms with Gasteiger partial charge in [0.05, 0.1) is 13.7 Å². The van der Waals surface area contributed by atoms with Gasteiger partial charge in [-0.1, -0.05) is 0 Å². The van der Waals surface area contributed by atoms with Gasteiger partial charge >= 0.3 is 0 Å². The third kappa shape index (κ3) is 5.46. The van der Waals surface area contributed by atoms with Gasteiger partial charge in [0.15, 0.2) is 11.5 Å². The van der Waals surface area contributed by atoms with E-state index in [9.17, 15) is 4.79 Å². The summed E-state index contributed by atoms with van der Waals surface area (Å²) in [6.07, 6.45) is 0.419. The zero-order valence-corrected chi connectivity index (χ0v) is 12.2. The second kappa shape index (κ2) is 9.17. The van der Waals surface area contributed by atoms with E-state index in [0.29, 0.717) is 43.4 Å². The Bertz CT molecular complexity index is 424. The number of hydrogen-bond acceptors (Lipinski definition) is 5. The number of hydrogen-bond donors (Lipinski definition) is 2. The lowest BCUT2D eigenvalue weighted by Crippen LogP contribution is -2.18. The van der Waals surface area contributed by atoms with Crippen molar-refractivity contribution in [3.8, 4) is 11.5 Å². The number of anilines is 1. The lowest BCUT2D eigenvalue weighted by Gasteiger charge is -2.12. The molecule has 0 bridgehead atoms. The molecule has 0 aliphatic heterocycles. The number of methoxy groups -OCH3 is 2. The van der Waals surface area contributed by atoms with Crippen LogP contribution in [-0.2, 0) is 9.53 Å². The molecule has 20 heavy (non-hydrogen) atoms. The predicted octanol–water partition coefficient (Wildman–Crippen LogP) is 1.27. The maximum absolute atomic E-state index is 11.7. The minimum Gasteiger partial charge on any atom is -0.493 e. The summed E-state index contributed by atoms with van der Waals surface area (Å²) in [5.41, 5.74) is 0.680. The van der Waals surface area contributed by atoms with Crippen molar-refractivity contribution >= 4 is 11.6 Å². The van der Waals surface area contributed by atoms with Crippen LogP contribution in [0.1, 0.15) is 6.42 Å². The molecular formula is C14H22N2O4. The molecule has 0 atom stereocenters. The van der Waals surface area contributed by atoms with E-state index in [4.69, 9.17) is 14.2 Å². The number of amides is 1. The Balaban J connectivity index is 2.68. The maximum Gasteiger partial charge on any atom is 0.225 e. The van der Waals surface area contributed by atoms with E-state index in [1.54, 1.807) is 32.4 Å². The van der Waals surface area contributed by atoms with Crippen molar-refractivity contribution in [1.29, 1.82) is 0 Å². The fourth-order valence-electron chi connectivity index (χ4n) is 1.56. The summed E-state index contributed by atoms with van der Waals surface area (Å²) in [4.78, 5) is 11.7. The van der Waals surface area contributed by atoms with E-state index in [0.717, 1.165) is 0 Å². The summed E-state index contributed by atoms with van der Waals surface area (Å²) in [5.74, 6) is 1.15. The SMILES string of the molecule is CNCCC(=O)Nc1ccc(OC)c(OCCOC)c1. The standard InChI is InChI=1S/C14H22N2O4/c1-15-7-6-14(17)16-11-4-5-12(19-3)13(10-11)20-9-8-18-2/h4-5,10,15H,6-9H2,1-3H3,(H,16,17). The lowest BCUT2D eigenvalue weighted by molar-refractivity contribution is -0.116. The van der Waals surface area contributed by atoms with Gasteiger partial charge in [-0.25, -0.2) is 0 Å². The summed E-state index contributed by atoms with van der Waals surface area (Å²) in [6, 6.07) is 5.28. The molecule has 2 N–H and O–H groups in total. The minimum absolute atomic E-state index is 0.0487. The molecule has 0 spiro atoms. The zero-order chi connectivity index (χ0) is 14.8. The lowest BCUT2D eigenvalue weighted by atomic mass is 10.2. The molecule has 0 fully saturated rings. The van der Waals surface area contributed by atoms with Gasteiger partial charge in [0.2, 0.25) is 5.91 Å². The van der Waals surface area contributed by atoms with Crippen LogP contribution in [0.5, 0.6) is 11.5 Å². The molecule has 1 aromatic rings. The molecule has 0 aromatic heterocycles. The quantitative estimate of drug-likeness (QED) is 0.668. The molecule has 0 radical (unpaired) electrons. The first kappa shape index (κ1) is 16.3. The highest BCUT2D eigenvalue weighted by Crippen LogP contribution is 2.30. The summed E-state index contributed by atoms with van der Waals surface area (Å²) >= 11 is 0. The Kier molecular flexibility index (Phi) is 7.46. The molecule has 0 aliphatic rings. The van der Waals surface area contributed by atoms with Crippen LogP contribution in [0.4, 0.5) is 5.69 Å². The second-order valence-electron chi connectivity index (χ2n) is 4.11. The maximum atomic E-state index is 11.7. The van der Waals surface area contributed by atoms with E-state index in [1.807, 2.05) is 7.05 Å². The van der Waals surface area contributed by atoms with E-state index in [1.165, 1.54) is 0 Å². The van der Waals surface area contributed by atoms with Crippen molar-refractivity contribution in [2.75, 3.05) is 46.3 Å². The Morgan fingerprint density at radius 2 is 2.00 bits per heavy atom. The zero-order valence-electron chi connectivity index (χ0n) is 12.2. The smallest absolute Gasteiger partial charge is 0.225 e. The normalized spacial score (nSPS) is 10.2. The van der Waals surface area contributed by atoms with Crippen LogP contribution in [0.15, 0.2) is 18.2 Å². The van der Waals surface area contributed by atoms with Gasteiger partial charge < -0.3 is 24.8 Å². The van der Waals surface area contributed by atoms with Crippen molar-refractivity contribution in [1.82, 2.24) is 5.32 Å². The highest BCUT2D eigenvalue weighted by atomic mass is 16.5. The first-order valence-corrected chi connectivity index (χ1v) is 6.45. The number of carbonyl (C=O) groups is 1. The van der Waals surface area contributed by atoms with E-state index < -0.39 is 0 Å². The van der Waals surface area contributed by atoms with Crippen LogP contribution < -0.4 is 20.1 Å². The van der Waals surface area contributed by atoms with Gasteiger partial charge in [-0.2, -0.15) is 0 Å². The van der Waals surface area contributed by atoms with Crippen molar-refractivity contribution < 1.29 is 19.0 Å². The largest absolute Gasteiger partial charge is 0.493 e. The number of benzene rings is 1. The van der Waals surface area contributed by atoms with Crippen molar-refractivity contribution in [3.63, 3.8) is 0 Å². The highest BCUT2D eigenvalue weighted by molar-refractivity contribution is 5.91. The second-order valence-corrected chi connectivity index (χ2v) is 4.11. The minimum atomic E-state index is -0.0487. The van der Waals surface area contributed by atoms with Crippen LogP contribution >= 0.6 is 0 Å². The molecule has 1 aromatic carbocycles. The molecule has 112 valence electrons. The molecule has 0 saturated heterocycles. The van der Waals surface area contributed by atoms with Gasteiger partial charge in [0.25, 0.3) is 0 Å². The first-order chi connectivity index (χ1) is 9.71. The predicted molar refractivity (Wildman–Crippen MR) is 77.5 cm³/mol. The summed E-state index contributed by atoms with van der Waals surface area (Å²) < 4.78 is 15.7. The van der Waals surface area contributed by atoms with E-state index in [2.05, 4.69) is 10.6 Å². The van der Waals surface area contributed by atoms with Crippen LogP contribution in [0.2, 0.25) is 0 Å². The molecule has 0 heterocycles. The fraction of sp³-hybridized carbons (Fsp3) is 0.500. The highest BCUT2D eigenvalue weighted by Gasteiger charge is 2.08. The molecule has 0 saturated carbocycles. The van der Waals surface area contributed by atoms with Crippen molar-refractivity contribution in [2.45, 2.75) is 6.42 Å². The molecule has 1 rings (SSSR count). The van der Waals surface area contributed by atoms with Gasteiger partial charge in [-0.3, -0.25) is 4.79 Å². The molecule has 0 unspecified atom stereocenters. The Morgan fingerprint density at radius 3 is 2.65 bits per heavy atom. The van der Waals surface area contributed by atoms with Crippen LogP contribution in [0, 0.1) is 0 Å². The average Bonchev–Trinajstić information content (AvgIpc) is 2.46. The topological polar surface area (TPSA) is 68.8 Å².